The molecular weight excluding hydrogens is 398 g/mol. The Morgan fingerprint density at radius 3 is 2.77 bits per heavy atom. The minimum Gasteiger partial charge on any atom is -0.493 e. The van der Waals surface area contributed by atoms with Crippen molar-refractivity contribution in [2.75, 3.05) is 6.61 Å². The zero-order valence-electron chi connectivity index (χ0n) is 14.4. The van der Waals surface area contributed by atoms with E-state index in [4.69, 9.17) is 4.74 Å². The van der Waals surface area contributed by atoms with Gasteiger partial charge in [0.1, 0.15) is 5.75 Å². The second-order valence-electron chi connectivity index (χ2n) is 5.75. The number of amides is 1. The number of aromatic hydroxyl groups is 1. The number of benzene rings is 2. The fourth-order valence-electron chi connectivity index (χ4n) is 2.61. The zero-order chi connectivity index (χ0) is 18.7. The molecule has 3 rings (SSSR count). The number of carbonyl (C=O) groups excluding carboxylic acids is 1. The van der Waals surface area contributed by atoms with Gasteiger partial charge in [-0.2, -0.15) is 0 Å². The molecule has 1 N–H and O–H groups in total. The first-order valence-electron chi connectivity index (χ1n) is 8.13. The van der Waals surface area contributed by atoms with Crippen LogP contribution in [0.2, 0.25) is 0 Å². The fourth-order valence-corrected chi connectivity index (χ4v) is 3.15. The number of halogens is 1. The quantitative estimate of drug-likeness (QED) is 0.602. The van der Waals surface area contributed by atoms with Gasteiger partial charge in [-0.15, -0.1) is 10.2 Å². The summed E-state index contributed by atoms with van der Waals surface area (Å²) in [5.41, 5.74) is 2.24. The molecule has 1 heterocycles. The van der Waals surface area contributed by atoms with E-state index in [-0.39, 0.29) is 18.2 Å². The second kappa shape index (κ2) is 7.70. The molecule has 0 aliphatic heterocycles. The van der Waals surface area contributed by atoms with E-state index in [2.05, 4.69) is 33.1 Å². The highest BCUT2D eigenvalue weighted by molar-refractivity contribution is 9.10. The van der Waals surface area contributed by atoms with Crippen LogP contribution in [0.15, 0.2) is 57.2 Å². The van der Waals surface area contributed by atoms with Gasteiger partial charge in [-0.3, -0.25) is 4.79 Å². The van der Waals surface area contributed by atoms with Gasteiger partial charge in [-0.25, -0.2) is 0 Å². The first kappa shape index (κ1) is 18.1. The molecule has 134 valence electrons. The summed E-state index contributed by atoms with van der Waals surface area (Å²) in [6.07, 6.45) is 0.917. The number of hydrogen-bond donors (Lipinski definition) is 1. The number of nitrogens with zero attached hydrogens (tertiary/aromatic N) is 3. The van der Waals surface area contributed by atoms with Crippen LogP contribution in [0.1, 0.15) is 12.5 Å². The van der Waals surface area contributed by atoms with Crippen molar-refractivity contribution in [2.24, 2.45) is 17.3 Å². The van der Waals surface area contributed by atoms with Gasteiger partial charge >= 0.3 is 5.91 Å². The van der Waals surface area contributed by atoms with E-state index in [0.29, 0.717) is 5.75 Å². The molecule has 1 aromatic heterocycles. The van der Waals surface area contributed by atoms with E-state index in [1.54, 1.807) is 11.6 Å². The van der Waals surface area contributed by atoms with Gasteiger partial charge in [0, 0.05) is 12.4 Å². The molecule has 2 aromatic carbocycles. The number of ether oxygens (including phenoxy) is 1. The lowest BCUT2D eigenvalue weighted by Gasteiger charge is -2.07. The van der Waals surface area contributed by atoms with E-state index in [1.165, 1.54) is 5.56 Å². The topological polar surface area (TPSA) is 76.2 Å². The van der Waals surface area contributed by atoms with E-state index in [9.17, 15) is 9.90 Å². The van der Waals surface area contributed by atoms with Crippen LogP contribution in [0.3, 0.4) is 0 Å². The van der Waals surface area contributed by atoms with Crippen molar-refractivity contribution in [2.45, 2.75) is 13.3 Å². The average molecular weight is 416 g/mol. The van der Waals surface area contributed by atoms with Crippen LogP contribution in [0, 0.1) is 0 Å². The average Bonchev–Trinajstić information content (AvgIpc) is 2.90. The Morgan fingerprint density at radius 1 is 1.27 bits per heavy atom. The number of hydrogen-bond acceptors (Lipinski definition) is 4. The molecule has 0 aliphatic rings. The fraction of sp³-hybridized carbons (Fsp3) is 0.211. The number of azo groups is 1. The Labute approximate surface area is 159 Å². The minimum absolute atomic E-state index is 0.0402. The lowest BCUT2D eigenvalue weighted by atomic mass is 10.2. The van der Waals surface area contributed by atoms with Crippen LogP contribution in [0.4, 0.5) is 5.69 Å². The van der Waals surface area contributed by atoms with Gasteiger partial charge in [0.25, 0.3) is 0 Å². The van der Waals surface area contributed by atoms with E-state index < -0.39 is 5.91 Å². The summed E-state index contributed by atoms with van der Waals surface area (Å²) in [4.78, 5) is 12.0. The maximum Gasteiger partial charge on any atom is 0.302 e. The Hall–Kier alpha value is -2.67. The number of para-hydroxylation sites is 1. The molecule has 3 aromatic rings. The molecule has 0 atom stereocenters. The highest BCUT2D eigenvalue weighted by Gasteiger charge is 2.14. The number of aromatic nitrogens is 1. The third-order valence-electron chi connectivity index (χ3n) is 4.07. The van der Waals surface area contributed by atoms with Crippen LogP contribution in [0.5, 0.6) is 11.6 Å². The van der Waals surface area contributed by atoms with Crippen molar-refractivity contribution < 1.29 is 14.6 Å². The Kier molecular flexibility index (Phi) is 5.37. The van der Waals surface area contributed by atoms with Crippen molar-refractivity contribution in [3.05, 3.63) is 52.5 Å². The summed E-state index contributed by atoms with van der Waals surface area (Å²) in [5.74, 6) is -0.0101. The Bertz CT molecular complexity index is 995. The van der Waals surface area contributed by atoms with Gasteiger partial charge in [0.15, 0.2) is 12.3 Å². The summed E-state index contributed by atoms with van der Waals surface area (Å²) < 4.78 is 7.87. The molecule has 0 fully saturated rings. The third kappa shape index (κ3) is 3.62. The Morgan fingerprint density at radius 2 is 2.04 bits per heavy atom. The Balaban J connectivity index is 1.72. The number of aryl methyl sites for hydroxylation is 2. The summed E-state index contributed by atoms with van der Waals surface area (Å²) in [5, 5.41) is 18.5. The van der Waals surface area contributed by atoms with Crippen LogP contribution in [-0.4, -0.2) is 22.2 Å². The highest BCUT2D eigenvalue weighted by Crippen LogP contribution is 2.37. The zero-order valence-corrected chi connectivity index (χ0v) is 16.0. The van der Waals surface area contributed by atoms with Gasteiger partial charge in [0.2, 0.25) is 5.88 Å². The number of fused-ring (bicyclic) bond motifs is 1. The van der Waals surface area contributed by atoms with Crippen LogP contribution in [0.25, 0.3) is 10.9 Å². The maximum absolute atomic E-state index is 12.0. The van der Waals surface area contributed by atoms with E-state index >= 15 is 0 Å². The standard InChI is InChI=1S/C19H18BrN3O3/c1-3-12-8-9-16(14(20)10-12)26-11-17(24)21-22-18-13-6-4-5-7-15(13)23(2)19(18)25/h4-10,25H,3,11H2,1-2H3. The van der Waals surface area contributed by atoms with Crippen molar-refractivity contribution >= 4 is 38.4 Å². The van der Waals surface area contributed by atoms with Crippen molar-refractivity contribution in [1.29, 1.82) is 0 Å². The van der Waals surface area contributed by atoms with Crippen molar-refractivity contribution in [3.63, 3.8) is 0 Å². The highest BCUT2D eigenvalue weighted by atomic mass is 79.9. The normalized spacial score (nSPS) is 11.3. The molecule has 0 radical (unpaired) electrons. The smallest absolute Gasteiger partial charge is 0.302 e. The predicted octanol–water partition coefficient (Wildman–Crippen LogP) is 4.90. The van der Waals surface area contributed by atoms with E-state index in [1.807, 2.05) is 42.5 Å². The lowest BCUT2D eigenvalue weighted by molar-refractivity contribution is -0.120. The molecule has 1 amide bonds. The molecule has 0 saturated carbocycles. The molecular formula is C19H18BrN3O3. The molecule has 0 saturated heterocycles. The summed E-state index contributed by atoms with van der Waals surface area (Å²) >= 11 is 3.43. The predicted molar refractivity (Wildman–Crippen MR) is 103 cm³/mol. The first-order valence-corrected chi connectivity index (χ1v) is 8.92. The van der Waals surface area contributed by atoms with Gasteiger partial charge in [0.05, 0.1) is 9.99 Å². The molecule has 0 bridgehead atoms. The first-order chi connectivity index (χ1) is 12.5. The summed E-state index contributed by atoms with van der Waals surface area (Å²) in [6.45, 7) is 1.83. The van der Waals surface area contributed by atoms with Crippen LogP contribution >= 0.6 is 15.9 Å². The SMILES string of the molecule is CCc1ccc(OCC(=O)N=Nc2c(O)n(C)c3ccccc23)c(Br)c1. The second-order valence-corrected chi connectivity index (χ2v) is 6.60. The molecule has 7 heteroatoms. The molecule has 26 heavy (non-hydrogen) atoms. The third-order valence-corrected chi connectivity index (χ3v) is 4.69. The monoisotopic (exact) mass is 415 g/mol. The van der Waals surface area contributed by atoms with Crippen LogP contribution < -0.4 is 4.74 Å². The molecule has 0 aliphatic carbocycles. The largest absolute Gasteiger partial charge is 0.493 e. The summed E-state index contributed by atoms with van der Waals surface area (Å²) in [7, 11) is 1.72. The van der Waals surface area contributed by atoms with Crippen molar-refractivity contribution in [1.82, 2.24) is 4.57 Å². The van der Waals surface area contributed by atoms with Gasteiger partial charge < -0.3 is 14.4 Å². The van der Waals surface area contributed by atoms with Gasteiger partial charge in [-0.1, -0.05) is 31.2 Å². The number of carbonyl (C=O) groups is 1. The lowest BCUT2D eigenvalue weighted by Crippen LogP contribution is -2.08. The molecule has 6 nitrogen and oxygen atoms in total. The van der Waals surface area contributed by atoms with Gasteiger partial charge in [-0.05, 0) is 46.1 Å². The number of rotatable bonds is 5. The maximum atomic E-state index is 12.0. The molecule has 0 unspecified atom stereocenters. The van der Waals surface area contributed by atoms with E-state index in [0.717, 1.165) is 21.8 Å². The van der Waals surface area contributed by atoms with Crippen LogP contribution in [-0.2, 0) is 18.3 Å². The summed E-state index contributed by atoms with van der Waals surface area (Å²) in [6, 6.07) is 13.1. The minimum atomic E-state index is -0.538. The van der Waals surface area contributed by atoms with Crippen molar-refractivity contribution in [3.8, 4) is 11.6 Å². The molecule has 0 spiro atoms.